The van der Waals surface area contributed by atoms with Crippen molar-refractivity contribution in [1.29, 1.82) is 0 Å². The van der Waals surface area contributed by atoms with E-state index in [0.29, 0.717) is 0 Å². The second-order valence-corrected chi connectivity index (χ2v) is 4.95. The van der Waals surface area contributed by atoms with Crippen molar-refractivity contribution in [3.05, 3.63) is 29.6 Å². The molecule has 7 heteroatoms. The van der Waals surface area contributed by atoms with Crippen LogP contribution in [0.1, 0.15) is 32.4 Å². The minimum atomic E-state index is -1.02. The molecule has 1 unspecified atom stereocenters. The minimum absolute atomic E-state index is 0.170. The average molecular weight is 273 g/mol. The number of rotatable bonds is 3. The summed E-state index contributed by atoms with van der Waals surface area (Å²) in [6, 6.07) is -1.02. The molecule has 1 aromatic heterocycles. The van der Waals surface area contributed by atoms with E-state index >= 15 is 0 Å². The molecule has 1 heterocycles. The van der Waals surface area contributed by atoms with Crippen LogP contribution in [0.2, 0.25) is 0 Å². The van der Waals surface area contributed by atoms with E-state index in [0.717, 1.165) is 12.4 Å². The number of aromatic nitrogens is 1. The van der Waals surface area contributed by atoms with E-state index in [1.54, 1.807) is 20.8 Å². The number of hydrogen-bond donors (Lipinski definition) is 2. The molecule has 0 aliphatic heterocycles. The van der Waals surface area contributed by atoms with Crippen molar-refractivity contribution in [3.63, 3.8) is 0 Å². The highest BCUT2D eigenvalue weighted by molar-refractivity contribution is 5.68. The van der Waals surface area contributed by atoms with Crippen LogP contribution in [0, 0.1) is 11.6 Å². The number of carbonyl (C=O) groups excluding carboxylic acids is 1. The Hall–Kier alpha value is -1.76. The normalized spacial score (nSPS) is 12.9. The first-order valence-corrected chi connectivity index (χ1v) is 5.73. The Labute approximate surface area is 110 Å². The first-order valence-electron chi connectivity index (χ1n) is 5.73. The maximum absolute atomic E-state index is 13.5. The van der Waals surface area contributed by atoms with E-state index in [-0.39, 0.29) is 12.1 Å². The quantitative estimate of drug-likeness (QED) is 0.881. The molecule has 0 bridgehead atoms. The number of hydrogen-bond acceptors (Lipinski definition) is 4. The number of nitrogens with one attached hydrogen (secondary N) is 1. The van der Waals surface area contributed by atoms with Crippen LogP contribution >= 0.6 is 0 Å². The number of amides is 1. The third-order valence-electron chi connectivity index (χ3n) is 2.17. The van der Waals surface area contributed by atoms with Gasteiger partial charge in [-0.05, 0) is 20.8 Å². The molecule has 5 nitrogen and oxygen atoms in total. The molecular weight excluding hydrogens is 256 g/mol. The van der Waals surface area contributed by atoms with Crippen molar-refractivity contribution in [2.45, 2.75) is 32.4 Å². The van der Waals surface area contributed by atoms with Gasteiger partial charge in [0, 0.05) is 6.54 Å². The van der Waals surface area contributed by atoms with Crippen LogP contribution < -0.4 is 11.1 Å². The van der Waals surface area contributed by atoms with Gasteiger partial charge in [-0.2, -0.15) is 0 Å². The van der Waals surface area contributed by atoms with Crippen molar-refractivity contribution in [2.24, 2.45) is 5.73 Å². The summed E-state index contributed by atoms with van der Waals surface area (Å²) in [6.45, 7) is 4.87. The molecule has 0 fully saturated rings. The van der Waals surface area contributed by atoms with Crippen molar-refractivity contribution >= 4 is 6.09 Å². The average Bonchev–Trinajstić information content (AvgIpc) is 2.24. The maximum atomic E-state index is 13.5. The third-order valence-corrected chi connectivity index (χ3v) is 2.17. The standard InChI is InChI=1S/C12H17F2N3O2/c1-12(2,3)19-11(18)17-9(4-15)10-7(13)5-16-6-8(10)14/h5-6,9H,4,15H2,1-3H3,(H,17,18). The SMILES string of the molecule is CC(C)(C)OC(=O)NC(CN)c1c(F)cncc1F. The maximum Gasteiger partial charge on any atom is 0.408 e. The molecular formula is C12H17F2N3O2. The number of alkyl carbamates (subject to hydrolysis) is 1. The summed E-state index contributed by atoms with van der Waals surface area (Å²) >= 11 is 0. The Balaban J connectivity index is 2.87. The summed E-state index contributed by atoms with van der Waals surface area (Å²) in [7, 11) is 0. The fourth-order valence-corrected chi connectivity index (χ4v) is 1.45. The van der Waals surface area contributed by atoms with Crippen LogP contribution in [0.3, 0.4) is 0 Å². The predicted molar refractivity (Wildman–Crippen MR) is 65.3 cm³/mol. The lowest BCUT2D eigenvalue weighted by atomic mass is 10.1. The van der Waals surface area contributed by atoms with Gasteiger partial charge in [-0.15, -0.1) is 0 Å². The zero-order valence-corrected chi connectivity index (χ0v) is 11.0. The Morgan fingerprint density at radius 3 is 2.37 bits per heavy atom. The molecule has 1 aromatic rings. The molecule has 0 aliphatic carbocycles. The fourth-order valence-electron chi connectivity index (χ4n) is 1.45. The Morgan fingerprint density at radius 1 is 1.42 bits per heavy atom. The van der Waals surface area contributed by atoms with Crippen LogP contribution in [0.25, 0.3) is 0 Å². The van der Waals surface area contributed by atoms with Gasteiger partial charge in [0.1, 0.15) is 17.2 Å². The molecule has 1 rings (SSSR count). The van der Waals surface area contributed by atoms with E-state index in [1.807, 2.05) is 0 Å². The Kier molecular flexibility index (Phi) is 4.77. The van der Waals surface area contributed by atoms with Crippen molar-refractivity contribution in [2.75, 3.05) is 6.54 Å². The summed E-state index contributed by atoms with van der Waals surface area (Å²) in [4.78, 5) is 14.9. The van der Waals surface area contributed by atoms with Gasteiger partial charge in [0.2, 0.25) is 0 Å². The highest BCUT2D eigenvalue weighted by atomic mass is 19.1. The predicted octanol–water partition coefficient (Wildman–Crippen LogP) is 1.88. The van der Waals surface area contributed by atoms with Gasteiger partial charge >= 0.3 is 6.09 Å². The summed E-state index contributed by atoms with van der Waals surface area (Å²) in [6.07, 6.45) is 0.925. The second kappa shape index (κ2) is 5.92. The molecule has 19 heavy (non-hydrogen) atoms. The van der Waals surface area contributed by atoms with E-state index in [9.17, 15) is 13.6 Å². The summed E-state index contributed by atoms with van der Waals surface area (Å²) in [5, 5.41) is 2.33. The summed E-state index contributed by atoms with van der Waals surface area (Å²) in [5.74, 6) is -1.74. The molecule has 1 amide bonds. The van der Waals surface area contributed by atoms with E-state index in [1.165, 1.54) is 0 Å². The molecule has 0 saturated carbocycles. The summed E-state index contributed by atoms with van der Waals surface area (Å²) in [5.41, 5.74) is 4.39. The largest absolute Gasteiger partial charge is 0.444 e. The Bertz CT molecular complexity index is 441. The van der Waals surface area contributed by atoms with Crippen LogP contribution in [-0.4, -0.2) is 23.2 Å². The number of nitrogens with zero attached hydrogens (tertiary/aromatic N) is 1. The van der Waals surface area contributed by atoms with Crippen LogP contribution in [0.4, 0.5) is 13.6 Å². The molecule has 1 atom stereocenters. The van der Waals surface area contributed by atoms with Crippen molar-refractivity contribution in [3.8, 4) is 0 Å². The van der Waals surface area contributed by atoms with Gasteiger partial charge in [0.15, 0.2) is 0 Å². The van der Waals surface area contributed by atoms with Crippen LogP contribution in [0.5, 0.6) is 0 Å². The molecule has 0 radical (unpaired) electrons. The van der Waals surface area contributed by atoms with E-state index < -0.39 is 29.4 Å². The smallest absolute Gasteiger partial charge is 0.408 e. The lowest BCUT2D eigenvalue weighted by Crippen LogP contribution is -2.38. The lowest BCUT2D eigenvalue weighted by molar-refractivity contribution is 0.0503. The zero-order chi connectivity index (χ0) is 14.6. The molecule has 106 valence electrons. The Morgan fingerprint density at radius 2 is 1.95 bits per heavy atom. The van der Waals surface area contributed by atoms with E-state index in [4.69, 9.17) is 10.5 Å². The first-order chi connectivity index (χ1) is 8.74. The van der Waals surface area contributed by atoms with Crippen LogP contribution in [-0.2, 0) is 4.74 Å². The van der Waals surface area contributed by atoms with Crippen LogP contribution in [0.15, 0.2) is 12.4 Å². The van der Waals surface area contributed by atoms with Gasteiger partial charge in [0.25, 0.3) is 0 Å². The number of pyridine rings is 1. The number of carbonyl (C=O) groups is 1. The van der Waals surface area contributed by atoms with Crippen molar-refractivity contribution in [1.82, 2.24) is 10.3 Å². The number of halogens is 2. The second-order valence-electron chi connectivity index (χ2n) is 4.95. The van der Waals surface area contributed by atoms with Gasteiger partial charge in [0.05, 0.1) is 24.0 Å². The van der Waals surface area contributed by atoms with Crippen molar-refractivity contribution < 1.29 is 18.3 Å². The van der Waals surface area contributed by atoms with Gasteiger partial charge < -0.3 is 15.8 Å². The topological polar surface area (TPSA) is 77.2 Å². The first kappa shape index (κ1) is 15.3. The van der Waals surface area contributed by atoms with Gasteiger partial charge in [-0.1, -0.05) is 0 Å². The molecule has 0 saturated heterocycles. The van der Waals surface area contributed by atoms with Gasteiger partial charge in [-0.25, -0.2) is 13.6 Å². The molecule has 3 N–H and O–H groups in total. The highest BCUT2D eigenvalue weighted by Gasteiger charge is 2.24. The molecule has 0 aromatic carbocycles. The number of nitrogens with two attached hydrogens (primary N) is 1. The third kappa shape index (κ3) is 4.44. The zero-order valence-electron chi connectivity index (χ0n) is 11.0. The van der Waals surface area contributed by atoms with Gasteiger partial charge in [-0.3, -0.25) is 4.98 Å². The lowest BCUT2D eigenvalue weighted by Gasteiger charge is -2.23. The highest BCUT2D eigenvalue weighted by Crippen LogP contribution is 2.19. The molecule has 0 aliphatic rings. The monoisotopic (exact) mass is 273 g/mol. The molecule has 0 spiro atoms. The number of ether oxygens (including phenoxy) is 1. The minimum Gasteiger partial charge on any atom is -0.444 e. The van der Waals surface area contributed by atoms with E-state index in [2.05, 4.69) is 10.3 Å². The summed E-state index contributed by atoms with van der Waals surface area (Å²) < 4.78 is 32.1. The fraction of sp³-hybridized carbons (Fsp3) is 0.500.